The van der Waals surface area contributed by atoms with E-state index in [0.717, 1.165) is 50.1 Å². The lowest BCUT2D eigenvalue weighted by Gasteiger charge is -2.31. The molecule has 8 nitrogen and oxygen atoms in total. The van der Waals surface area contributed by atoms with Gasteiger partial charge in [0.2, 0.25) is 5.91 Å². The Morgan fingerprint density at radius 1 is 1.09 bits per heavy atom. The number of amides is 2. The number of aromatic nitrogens is 3. The van der Waals surface area contributed by atoms with Gasteiger partial charge in [-0.05, 0) is 63.4 Å². The number of carbonyl (C=O) groups excluding carboxylic acids is 2. The first-order chi connectivity index (χ1) is 16.0. The van der Waals surface area contributed by atoms with Crippen molar-refractivity contribution in [3.8, 4) is 0 Å². The van der Waals surface area contributed by atoms with Gasteiger partial charge in [-0.25, -0.2) is 4.98 Å². The van der Waals surface area contributed by atoms with E-state index in [0.29, 0.717) is 24.7 Å². The van der Waals surface area contributed by atoms with Gasteiger partial charge in [0.15, 0.2) is 0 Å². The van der Waals surface area contributed by atoms with Crippen molar-refractivity contribution in [3.63, 3.8) is 0 Å². The van der Waals surface area contributed by atoms with Gasteiger partial charge in [0.25, 0.3) is 5.91 Å². The van der Waals surface area contributed by atoms with Crippen molar-refractivity contribution in [2.24, 2.45) is 0 Å². The first-order valence-electron chi connectivity index (χ1n) is 12.2. The highest BCUT2D eigenvalue weighted by atomic mass is 16.2. The molecule has 2 heterocycles. The van der Waals surface area contributed by atoms with Crippen LogP contribution in [0.5, 0.6) is 0 Å². The number of nitrogens with zero attached hydrogens (tertiary/aromatic N) is 5. The molecule has 0 radical (unpaired) electrons. The fourth-order valence-electron chi connectivity index (χ4n) is 4.31. The summed E-state index contributed by atoms with van der Waals surface area (Å²) in [5, 5.41) is 7.09. The molecule has 1 aromatic carbocycles. The van der Waals surface area contributed by atoms with Crippen LogP contribution in [0.3, 0.4) is 0 Å². The summed E-state index contributed by atoms with van der Waals surface area (Å²) < 4.78 is 1.75. The van der Waals surface area contributed by atoms with E-state index in [4.69, 9.17) is 0 Å². The molecule has 180 valence electrons. The van der Waals surface area contributed by atoms with Crippen molar-refractivity contribution in [2.45, 2.75) is 78.4 Å². The van der Waals surface area contributed by atoms with Crippen LogP contribution in [0, 0.1) is 0 Å². The molecule has 1 aromatic heterocycles. The maximum atomic E-state index is 12.9. The van der Waals surface area contributed by atoms with Crippen LogP contribution in [0.1, 0.15) is 75.2 Å². The fourth-order valence-corrected chi connectivity index (χ4v) is 4.31. The van der Waals surface area contributed by atoms with Gasteiger partial charge in [0, 0.05) is 50.4 Å². The third kappa shape index (κ3) is 7.39. The molecule has 0 saturated heterocycles. The van der Waals surface area contributed by atoms with Crippen molar-refractivity contribution in [2.75, 3.05) is 24.5 Å². The van der Waals surface area contributed by atoms with Crippen molar-refractivity contribution in [3.05, 3.63) is 42.0 Å². The van der Waals surface area contributed by atoms with E-state index in [1.807, 2.05) is 23.1 Å². The molecule has 1 N–H and O–H groups in total. The molecule has 1 aliphatic rings. The Morgan fingerprint density at radius 2 is 1.85 bits per heavy atom. The summed E-state index contributed by atoms with van der Waals surface area (Å²) in [6.07, 6.45) is 9.70. The van der Waals surface area contributed by atoms with Crippen molar-refractivity contribution >= 4 is 17.5 Å². The zero-order valence-electron chi connectivity index (χ0n) is 20.3. The van der Waals surface area contributed by atoms with Gasteiger partial charge in [-0.1, -0.05) is 19.3 Å². The molecule has 0 spiro atoms. The van der Waals surface area contributed by atoms with Gasteiger partial charge < -0.3 is 10.2 Å². The van der Waals surface area contributed by atoms with E-state index in [2.05, 4.69) is 34.1 Å². The second-order valence-electron chi connectivity index (χ2n) is 9.11. The lowest BCUT2D eigenvalue weighted by atomic mass is 10.0. The third-order valence-electron chi connectivity index (χ3n) is 6.26. The lowest BCUT2D eigenvalue weighted by Crippen LogP contribution is -2.35. The first-order valence-corrected chi connectivity index (χ1v) is 12.2. The largest absolute Gasteiger partial charge is 0.352 e. The molecule has 33 heavy (non-hydrogen) atoms. The maximum Gasteiger partial charge on any atom is 0.251 e. The summed E-state index contributed by atoms with van der Waals surface area (Å²) in [6, 6.07) is 6.15. The summed E-state index contributed by atoms with van der Waals surface area (Å²) in [5.74, 6) is -0.0392. The van der Waals surface area contributed by atoms with E-state index in [9.17, 15) is 9.59 Å². The Labute approximate surface area is 197 Å². The molecule has 2 amide bonds. The Bertz CT molecular complexity index is 896. The van der Waals surface area contributed by atoms with E-state index >= 15 is 0 Å². The maximum absolute atomic E-state index is 12.9. The smallest absolute Gasteiger partial charge is 0.251 e. The van der Waals surface area contributed by atoms with Gasteiger partial charge in [-0.2, -0.15) is 5.10 Å². The Kier molecular flexibility index (Phi) is 9.42. The number of hydrogen-bond donors (Lipinski definition) is 1. The number of carbonyl (C=O) groups is 2. The monoisotopic (exact) mass is 454 g/mol. The highest BCUT2D eigenvalue weighted by Crippen LogP contribution is 2.26. The predicted octanol–water partition coefficient (Wildman–Crippen LogP) is 3.63. The Balaban J connectivity index is 1.78. The van der Waals surface area contributed by atoms with Gasteiger partial charge in [-0.3, -0.25) is 19.2 Å². The zero-order valence-corrected chi connectivity index (χ0v) is 20.3. The highest BCUT2D eigenvalue weighted by Gasteiger charge is 2.20. The minimum Gasteiger partial charge on any atom is -0.352 e. The van der Waals surface area contributed by atoms with Crippen LogP contribution in [0.25, 0.3) is 0 Å². The predicted molar refractivity (Wildman–Crippen MR) is 130 cm³/mol. The number of benzene rings is 1. The lowest BCUT2D eigenvalue weighted by molar-refractivity contribution is -0.116. The average Bonchev–Trinajstić information content (AvgIpc) is 3.30. The Morgan fingerprint density at radius 3 is 2.55 bits per heavy atom. The fraction of sp³-hybridized carbons (Fsp3) is 0.600. The molecule has 0 saturated carbocycles. The van der Waals surface area contributed by atoms with Crippen molar-refractivity contribution in [1.29, 1.82) is 0 Å². The number of nitrogens with one attached hydrogen (secondary N) is 1. The molecular weight excluding hydrogens is 416 g/mol. The van der Waals surface area contributed by atoms with Crippen LogP contribution in [0.15, 0.2) is 30.9 Å². The standard InChI is InChI=1S/C25H38N6O2/c1-20(2)29-13-7-5-4-6-8-15-31(21(3)32)24-11-10-22(16-23(24)17-29)25(33)27-12-9-14-30-19-26-18-28-30/h10-11,16,18-20H,4-9,12-15,17H2,1-3H3,(H,27,33). The molecule has 0 unspecified atom stereocenters. The molecular formula is C25H38N6O2. The molecule has 2 aromatic rings. The summed E-state index contributed by atoms with van der Waals surface area (Å²) in [4.78, 5) is 33.6. The van der Waals surface area contributed by atoms with Gasteiger partial charge in [0.05, 0.1) is 0 Å². The summed E-state index contributed by atoms with van der Waals surface area (Å²) >= 11 is 0. The van der Waals surface area contributed by atoms with E-state index in [1.165, 1.54) is 25.6 Å². The van der Waals surface area contributed by atoms with Crippen LogP contribution in [0.2, 0.25) is 0 Å². The first kappa shape index (κ1) is 24.9. The number of fused-ring (bicyclic) bond motifs is 1. The molecule has 0 atom stereocenters. The number of hydrogen-bond acceptors (Lipinski definition) is 5. The van der Waals surface area contributed by atoms with Crippen LogP contribution < -0.4 is 10.2 Å². The van der Waals surface area contributed by atoms with Gasteiger partial charge in [0.1, 0.15) is 12.7 Å². The van der Waals surface area contributed by atoms with E-state index < -0.39 is 0 Å². The minimum absolute atomic E-state index is 0.0507. The topological polar surface area (TPSA) is 83.4 Å². The average molecular weight is 455 g/mol. The van der Waals surface area contributed by atoms with Crippen LogP contribution in [-0.4, -0.2) is 57.2 Å². The molecule has 0 bridgehead atoms. The quantitative estimate of drug-likeness (QED) is 0.674. The number of rotatable bonds is 6. The van der Waals surface area contributed by atoms with Crippen LogP contribution >= 0.6 is 0 Å². The van der Waals surface area contributed by atoms with E-state index in [1.54, 1.807) is 17.9 Å². The zero-order chi connectivity index (χ0) is 23.6. The number of aryl methyl sites for hydroxylation is 1. The third-order valence-corrected chi connectivity index (χ3v) is 6.26. The van der Waals surface area contributed by atoms with Crippen LogP contribution in [0.4, 0.5) is 5.69 Å². The molecule has 1 aliphatic heterocycles. The molecule has 8 heteroatoms. The normalized spacial score (nSPS) is 16.1. The van der Waals surface area contributed by atoms with Crippen LogP contribution in [-0.2, 0) is 17.9 Å². The SMILES string of the molecule is CC(=O)N1CCCCCCCN(C(C)C)Cc2cc(C(=O)NCCCn3cncn3)ccc21. The summed E-state index contributed by atoms with van der Waals surface area (Å²) in [6.45, 7) is 9.79. The minimum atomic E-state index is -0.0898. The molecule has 0 fully saturated rings. The van der Waals surface area contributed by atoms with Gasteiger partial charge in [-0.15, -0.1) is 0 Å². The molecule has 3 rings (SSSR count). The van der Waals surface area contributed by atoms with Crippen molar-refractivity contribution < 1.29 is 9.59 Å². The highest BCUT2D eigenvalue weighted by molar-refractivity contribution is 5.97. The van der Waals surface area contributed by atoms with Gasteiger partial charge >= 0.3 is 0 Å². The second-order valence-corrected chi connectivity index (χ2v) is 9.11. The van der Waals surface area contributed by atoms with E-state index in [-0.39, 0.29) is 11.8 Å². The summed E-state index contributed by atoms with van der Waals surface area (Å²) in [5.41, 5.74) is 2.60. The summed E-state index contributed by atoms with van der Waals surface area (Å²) in [7, 11) is 0. The van der Waals surface area contributed by atoms with Crippen molar-refractivity contribution in [1.82, 2.24) is 25.0 Å². The Hall–Kier alpha value is -2.74. The number of anilines is 1. The second kappa shape index (κ2) is 12.5. The molecule has 0 aliphatic carbocycles.